The maximum absolute atomic E-state index is 9.12. The van der Waals surface area contributed by atoms with Crippen LogP contribution >= 0.6 is 0 Å². The maximum Gasteiger partial charge on any atom is 0.323 e. The summed E-state index contributed by atoms with van der Waals surface area (Å²) in [6, 6.07) is 10.5. The van der Waals surface area contributed by atoms with Gasteiger partial charge in [-0.1, -0.05) is 18.2 Å². The molecule has 2 aromatic rings. The molecule has 1 aromatic heterocycles. The normalized spacial score (nSPS) is 9.65. The monoisotopic (exact) mass is 227 g/mol. The molecule has 0 amide bonds. The number of ether oxygens (including phenoxy) is 1. The minimum absolute atomic E-state index is 0.0879. The first-order chi connectivity index (χ1) is 8.33. The van der Waals surface area contributed by atoms with Crippen molar-refractivity contribution in [3.63, 3.8) is 0 Å². The third-order valence-electron chi connectivity index (χ3n) is 2.09. The molecule has 1 aromatic carbocycles. The van der Waals surface area contributed by atoms with E-state index in [1.807, 2.05) is 6.07 Å². The second kappa shape index (κ2) is 5.05. The van der Waals surface area contributed by atoms with Gasteiger partial charge in [-0.15, -0.1) is 0 Å². The molecule has 0 radical (unpaired) electrons. The SMILES string of the molecule is N#Cc1ccnc(Oc2ccccc2CO)n1. The zero-order valence-electron chi connectivity index (χ0n) is 8.87. The molecule has 2 rings (SSSR count). The van der Waals surface area contributed by atoms with E-state index in [4.69, 9.17) is 15.1 Å². The lowest BCUT2D eigenvalue weighted by Gasteiger charge is -2.07. The van der Waals surface area contributed by atoms with E-state index in [0.717, 1.165) is 0 Å². The number of aliphatic hydroxyl groups is 1. The van der Waals surface area contributed by atoms with Crippen LogP contribution in [-0.4, -0.2) is 15.1 Å². The van der Waals surface area contributed by atoms with E-state index in [-0.39, 0.29) is 18.3 Å². The smallest absolute Gasteiger partial charge is 0.323 e. The molecule has 5 nitrogen and oxygen atoms in total. The van der Waals surface area contributed by atoms with Crippen LogP contribution < -0.4 is 4.74 Å². The number of nitrogens with zero attached hydrogens (tertiary/aromatic N) is 3. The van der Waals surface area contributed by atoms with E-state index in [0.29, 0.717) is 11.3 Å². The number of hydrogen-bond acceptors (Lipinski definition) is 5. The molecule has 0 aliphatic carbocycles. The Kier molecular flexibility index (Phi) is 3.28. The van der Waals surface area contributed by atoms with E-state index in [1.54, 1.807) is 24.3 Å². The van der Waals surface area contributed by atoms with E-state index in [2.05, 4.69) is 9.97 Å². The van der Waals surface area contributed by atoms with E-state index >= 15 is 0 Å². The van der Waals surface area contributed by atoms with Gasteiger partial charge in [0.2, 0.25) is 0 Å². The molecular formula is C12H9N3O2. The van der Waals surface area contributed by atoms with Crippen LogP contribution in [0.1, 0.15) is 11.3 Å². The number of rotatable bonds is 3. The third kappa shape index (κ3) is 2.56. The van der Waals surface area contributed by atoms with E-state index in [9.17, 15) is 0 Å². The Morgan fingerprint density at radius 1 is 1.29 bits per heavy atom. The number of nitriles is 1. The molecule has 84 valence electrons. The zero-order valence-corrected chi connectivity index (χ0v) is 8.87. The van der Waals surface area contributed by atoms with Gasteiger partial charge in [-0.2, -0.15) is 10.2 Å². The topological polar surface area (TPSA) is 79.0 Å². The quantitative estimate of drug-likeness (QED) is 0.862. The Morgan fingerprint density at radius 3 is 2.88 bits per heavy atom. The van der Waals surface area contributed by atoms with Gasteiger partial charge >= 0.3 is 6.01 Å². The average molecular weight is 227 g/mol. The molecule has 5 heteroatoms. The van der Waals surface area contributed by atoms with Gasteiger partial charge in [0.25, 0.3) is 0 Å². The van der Waals surface area contributed by atoms with Crippen molar-refractivity contribution >= 4 is 0 Å². The Bertz CT molecular complexity index is 564. The molecule has 1 N–H and O–H groups in total. The second-order valence-corrected chi connectivity index (χ2v) is 3.20. The number of benzene rings is 1. The molecule has 0 unspecified atom stereocenters. The van der Waals surface area contributed by atoms with Crippen molar-refractivity contribution in [1.29, 1.82) is 5.26 Å². The highest BCUT2D eigenvalue weighted by atomic mass is 16.5. The van der Waals surface area contributed by atoms with Crippen LogP contribution in [0.2, 0.25) is 0 Å². The van der Waals surface area contributed by atoms with Gasteiger partial charge in [-0.05, 0) is 12.1 Å². The lowest BCUT2D eigenvalue weighted by molar-refractivity contribution is 0.275. The van der Waals surface area contributed by atoms with Gasteiger partial charge in [-0.25, -0.2) is 4.98 Å². The van der Waals surface area contributed by atoms with Gasteiger partial charge in [-0.3, -0.25) is 0 Å². The van der Waals surface area contributed by atoms with Gasteiger partial charge in [0.1, 0.15) is 17.5 Å². The Morgan fingerprint density at radius 2 is 2.12 bits per heavy atom. The summed E-state index contributed by atoms with van der Waals surface area (Å²) < 4.78 is 5.41. The third-order valence-corrected chi connectivity index (χ3v) is 2.09. The minimum Gasteiger partial charge on any atom is -0.424 e. The highest BCUT2D eigenvalue weighted by molar-refractivity contribution is 5.34. The molecule has 0 saturated carbocycles. The molecule has 0 spiro atoms. The lowest BCUT2D eigenvalue weighted by atomic mass is 10.2. The fraction of sp³-hybridized carbons (Fsp3) is 0.0833. The van der Waals surface area contributed by atoms with Crippen LogP contribution in [0.15, 0.2) is 36.5 Å². The molecular weight excluding hydrogens is 218 g/mol. The number of hydrogen-bond donors (Lipinski definition) is 1. The number of aromatic nitrogens is 2. The fourth-order valence-electron chi connectivity index (χ4n) is 1.28. The summed E-state index contributed by atoms with van der Waals surface area (Å²) in [5.74, 6) is 0.477. The van der Waals surface area contributed by atoms with Gasteiger partial charge in [0, 0.05) is 11.8 Å². The van der Waals surface area contributed by atoms with Crippen molar-refractivity contribution in [3.05, 3.63) is 47.8 Å². The molecule has 17 heavy (non-hydrogen) atoms. The molecule has 0 bridgehead atoms. The largest absolute Gasteiger partial charge is 0.424 e. The Hall–Kier alpha value is -2.45. The summed E-state index contributed by atoms with van der Waals surface area (Å²) in [4.78, 5) is 7.78. The van der Waals surface area contributed by atoms with Gasteiger partial charge < -0.3 is 9.84 Å². The highest BCUT2D eigenvalue weighted by Crippen LogP contribution is 2.22. The minimum atomic E-state index is -0.131. The van der Waals surface area contributed by atoms with Crippen LogP contribution in [0.25, 0.3) is 0 Å². The first-order valence-corrected chi connectivity index (χ1v) is 4.93. The first-order valence-electron chi connectivity index (χ1n) is 4.93. The summed E-state index contributed by atoms with van der Waals surface area (Å²) in [5.41, 5.74) is 0.870. The first kappa shape index (κ1) is 11.0. The standard InChI is InChI=1S/C12H9N3O2/c13-7-10-5-6-14-12(15-10)17-11-4-2-1-3-9(11)8-16/h1-6,16H,8H2. The van der Waals surface area contributed by atoms with E-state index < -0.39 is 0 Å². The summed E-state index contributed by atoms with van der Waals surface area (Å²) in [7, 11) is 0. The number of para-hydroxylation sites is 1. The van der Waals surface area contributed by atoms with Crippen LogP contribution in [0.3, 0.4) is 0 Å². The van der Waals surface area contributed by atoms with Crippen molar-refractivity contribution in [3.8, 4) is 17.8 Å². The van der Waals surface area contributed by atoms with Crippen LogP contribution in [-0.2, 0) is 6.61 Å². The van der Waals surface area contributed by atoms with Gasteiger partial charge in [0.05, 0.1) is 6.61 Å². The van der Waals surface area contributed by atoms with Gasteiger partial charge in [0.15, 0.2) is 0 Å². The molecule has 0 saturated heterocycles. The average Bonchev–Trinajstić information content (AvgIpc) is 2.39. The van der Waals surface area contributed by atoms with Crippen molar-refractivity contribution in [2.45, 2.75) is 6.61 Å². The summed E-state index contributed by atoms with van der Waals surface area (Å²) >= 11 is 0. The predicted octanol–water partition coefficient (Wildman–Crippen LogP) is 1.63. The molecule has 0 fully saturated rings. The second-order valence-electron chi connectivity index (χ2n) is 3.20. The van der Waals surface area contributed by atoms with Crippen molar-refractivity contribution < 1.29 is 9.84 Å². The van der Waals surface area contributed by atoms with Crippen LogP contribution in [0.4, 0.5) is 0 Å². The van der Waals surface area contributed by atoms with Crippen molar-refractivity contribution in [1.82, 2.24) is 9.97 Å². The van der Waals surface area contributed by atoms with E-state index in [1.165, 1.54) is 12.3 Å². The Balaban J connectivity index is 2.28. The van der Waals surface area contributed by atoms with Crippen LogP contribution in [0, 0.1) is 11.3 Å². The number of aliphatic hydroxyl groups excluding tert-OH is 1. The molecule has 0 aliphatic rings. The maximum atomic E-state index is 9.12. The summed E-state index contributed by atoms with van der Waals surface area (Å²) in [6.07, 6.45) is 1.45. The van der Waals surface area contributed by atoms with Crippen molar-refractivity contribution in [2.75, 3.05) is 0 Å². The summed E-state index contributed by atoms with van der Waals surface area (Å²) in [6.45, 7) is -0.131. The zero-order chi connectivity index (χ0) is 12.1. The van der Waals surface area contributed by atoms with Crippen molar-refractivity contribution in [2.24, 2.45) is 0 Å². The fourth-order valence-corrected chi connectivity index (χ4v) is 1.28. The highest BCUT2D eigenvalue weighted by Gasteiger charge is 2.05. The Labute approximate surface area is 98.0 Å². The molecule has 0 atom stereocenters. The molecule has 1 heterocycles. The predicted molar refractivity (Wildman–Crippen MR) is 59.2 cm³/mol. The van der Waals surface area contributed by atoms with Crippen LogP contribution in [0.5, 0.6) is 11.8 Å². The summed E-state index contributed by atoms with van der Waals surface area (Å²) in [5, 5.41) is 17.8. The lowest BCUT2D eigenvalue weighted by Crippen LogP contribution is -1.96. The molecule has 0 aliphatic heterocycles.